The van der Waals surface area contributed by atoms with Crippen molar-refractivity contribution in [3.8, 4) is 0 Å². The Morgan fingerprint density at radius 1 is 0.682 bits per heavy atom. The highest BCUT2D eigenvalue weighted by atomic mass is 35.5. The van der Waals surface area contributed by atoms with E-state index in [1.165, 1.54) is 0 Å². The van der Waals surface area contributed by atoms with Crippen LogP contribution in [-0.4, -0.2) is 9.97 Å². The molecule has 3 aromatic carbocycles. The van der Waals surface area contributed by atoms with Crippen molar-refractivity contribution in [1.82, 2.24) is 9.97 Å². The van der Waals surface area contributed by atoms with Crippen LogP contribution in [0, 0.1) is 0 Å². The maximum atomic E-state index is 6.31. The molecule has 4 heteroatoms. The van der Waals surface area contributed by atoms with Gasteiger partial charge in [0.2, 0.25) is 5.28 Å². The van der Waals surface area contributed by atoms with E-state index in [-0.39, 0.29) is 5.28 Å². The van der Waals surface area contributed by atoms with Crippen LogP contribution < -0.4 is 0 Å². The Morgan fingerprint density at radius 2 is 1.18 bits per heavy atom. The smallest absolute Gasteiger partial charge is 0.217 e. The third kappa shape index (κ3) is 2.29. The zero-order valence-electron chi connectivity index (χ0n) is 12.3. The van der Waals surface area contributed by atoms with Gasteiger partial charge in [0.05, 0.1) is 5.52 Å². The monoisotopic (exact) mass is 328 g/mol. The highest BCUT2D eigenvalue weighted by Crippen LogP contribution is 2.36. The first-order chi connectivity index (χ1) is 10.8. The number of halogens is 2. The number of hydrogen-bond acceptors (Lipinski definition) is 2. The first kappa shape index (κ1) is 15.0. The Hall–Kier alpha value is -1.90. The predicted octanol–water partition coefficient (Wildman–Crippen LogP) is 6.27. The van der Waals surface area contributed by atoms with E-state index in [2.05, 4.69) is 22.1 Å². The minimum atomic E-state index is 0.169. The summed E-state index contributed by atoms with van der Waals surface area (Å²) >= 11 is 12.3. The molecule has 0 saturated heterocycles. The standard InChI is InChI=1S/C16H8Cl2N2.C2H6/c17-15-13-11-7-3-1-5-9(11)10-6-2-4-8-12(10)14(13)19-16(18)20-15;1-2/h1-8H;1-2H3. The quantitative estimate of drug-likeness (QED) is 0.216. The molecule has 0 amide bonds. The number of benzene rings is 3. The second-order valence-electron chi connectivity index (χ2n) is 4.60. The minimum absolute atomic E-state index is 0.169. The van der Waals surface area contributed by atoms with Crippen molar-refractivity contribution in [3.63, 3.8) is 0 Å². The molecule has 0 unspecified atom stereocenters. The van der Waals surface area contributed by atoms with Crippen molar-refractivity contribution in [1.29, 1.82) is 0 Å². The summed E-state index contributed by atoms with van der Waals surface area (Å²) in [6, 6.07) is 16.2. The average molecular weight is 329 g/mol. The summed E-state index contributed by atoms with van der Waals surface area (Å²) in [4.78, 5) is 8.46. The van der Waals surface area contributed by atoms with Gasteiger partial charge < -0.3 is 0 Å². The third-order valence-corrected chi connectivity index (χ3v) is 3.95. The van der Waals surface area contributed by atoms with Crippen molar-refractivity contribution >= 4 is 55.6 Å². The van der Waals surface area contributed by atoms with Gasteiger partial charge in [0.1, 0.15) is 5.15 Å². The van der Waals surface area contributed by atoms with Gasteiger partial charge in [-0.05, 0) is 27.8 Å². The molecule has 2 nitrogen and oxygen atoms in total. The van der Waals surface area contributed by atoms with Crippen molar-refractivity contribution in [2.45, 2.75) is 13.8 Å². The summed E-state index contributed by atoms with van der Waals surface area (Å²) in [5.41, 5.74) is 0.796. The lowest BCUT2D eigenvalue weighted by atomic mass is 9.98. The second-order valence-corrected chi connectivity index (χ2v) is 5.29. The zero-order chi connectivity index (χ0) is 15.7. The van der Waals surface area contributed by atoms with Crippen molar-refractivity contribution in [2.75, 3.05) is 0 Å². The van der Waals surface area contributed by atoms with E-state index in [9.17, 15) is 0 Å². The van der Waals surface area contributed by atoms with Crippen LogP contribution in [-0.2, 0) is 0 Å². The van der Waals surface area contributed by atoms with Crippen molar-refractivity contribution < 1.29 is 0 Å². The van der Waals surface area contributed by atoms with Gasteiger partial charge in [-0.25, -0.2) is 9.97 Å². The maximum absolute atomic E-state index is 6.31. The molecule has 4 aromatic rings. The SMILES string of the molecule is CC.Clc1nc(Cl)c2c3ccccc3c3ccccc3c2n1. The molecule has 0 radical (unpaired) electrons. The summed E-state index contributed by atoms with van der Waals surface area (Å²) in [6.07, 6.45) is 0. The Balaban J connectivity index is 0.000000693. The van der Waals surface area contributed by atoms with Gasteiger partial charge in [0.15, 0.2) is 0 Å². The molecule has 0 fully saturated rings. The normalized spacial score (nSPS) is 10.7. The van der Waals surface area contributed by atoms with E-state index < -0.39 is 0 Å². The average Bonchev–Trinajstić information content (AvgIpc) is 2.56. The highest BCUT2D eigenvalue weighted by Gasteiger charge is 2.13. The minimum Gasteiger partial charge on any atom is -0.217 e. The van der Waals surface area contributed by atoms with Gasteiger partial charge in [-0.1, -0.05) is 74.0 Å². The number of fused-ring (bicyclic) bond motifs is 6. The molecule has 0 atom stereocenters. The fourth-order valence-electron chi connectivity index (χ4n) is 2.70. The number of nitrogens with zero attached hydrogens (tertiary/aromatic N) is 2. The molecule has 0 aliphatic rings. The Labute approximate surface area is 138 Å². The lowest BCUT2D eigenvalue weighted by Gasteiger charge is -2.10. The van der Waals surface area contributed by atoms with Crippen LogP contribution in [0.4, 0.5) is 0 Å². The first-order valence-electron chi connectivity index (χ1n) is 7.18. The molecular weight excluding hydrogens is 315 g/mol. The molecule has 22 heavy (non-hydrogen) atoms. The van der Waals surface area contributed by atoms with Gasteiger partial charge in [0.25, 0.3) is 0 Å². The van der Waals surface area contributed by atoms with Crippen LogP contribution >= 0.6 is 23.2 Å². The maximum Gasteiger partial charge on any atom is 0.224 e. The van der Waals surface area contributed by atoms with E-state index in [1.54, 1.807) is 0 Å². The van der Waals surface area contributed by atoms with Gasteiger partial charge in [-0.2, -0.15) is 0 Å². The predicted molar refractivity (Wildman–Crippen MR) is 95.9 cm³/mol. The summed E-state index contributed by atoms with van der Waals surface area (Å²) in [5, 5.41) is 5.77. The van der Waals surface area contributed by atoms with Crippen LogP contribution in [0.2, 0.25) is 10.4 Å². The van der Waals surface area contributed by atoms with Crippen molar-refractivity contribution in [3.05, 3.63) is 59.0 Å². The summed E-state index contributed by atoms with van der Waals surface area (Å²) in [5.74, 6) is 0. The molecule has 0 saturated carbocycles. The Kier molecular flexibility index (Phi) is 4.14. The van der Waals surface area contributed by atoms with Crippen LogP contribution in [0.5, 0.6) is 0 Å². The van der Waals surface area contributed by atoms with E-state index in [0.717, 1.165) is 32.4 Å². The Morgan fingerprint density at radius 3 is 1.82 bits per heavy atom. The largest absolute Gasteiger partial charge is 0.224 e. The van der Waals surface area contributed by atoms with E-state index in [0.29, 0.717) is 5.15 Å². The van der Waals surface area contributed by atoms with Crippen LogP contribution in [0.3, 0.4) is 0 Å². The zero-order valence-corrected chi connectivity index (χ0v) is 13.8. The lowest BCUT2D eigenvalue weighted by molar-refractivity contribution is 1.23. The molecular formula is C18H14Cl2N2. The fourth-order valence-corrected chi connectivity index (χ4v) is 3.19. The van der Waals surface area contributed by atoms with Gasteiger partial charge >= 0.3 is 0 Å². The van der Waals surface area contributed by atoms with Crippen LogP contribution in [0.15, 0.2) is 48.5 Å². The molecule has 0 N–H and O–H groups in total. The lowest BCUT2D eigenvalue weighted by Crippen LogP contribution is -1.90. The van der Waals surface area contributed by atoms with Gasteiger partial charge in [-0.15, -0.1) is 0 Å². The molecule has 0 bridgehead atoms. The molecule has 1 heterocycles. The number of rotatable bonds is 0. The first-order valence-corrected chi connectivity index (χ1v) is 7.93. The molecule has 4 rings (SSSR count). The third-order valence-electron chi connectivity index (χ3n) is 3.51. The molecule has 0 spiro atoms. The van der Waals surface area contributed by atoms with Crippen LogP contribution in [0.1, 0.15) is 13.8 Å². The molecule has 0 aliphatic heterocycles. The van der Waals surface area contributed by atoms with E-state index in [1.807, 2.05) is 50.2 Å². The highest BCUT2D eigenvalue weighted by molar-refractivity contribution is 6.40. The topological polar surface area (TPSA) is 25.8 Å². The molecule has 0 aliphatic carbocycles. The van der Waals surface area contributed by atoms with Gasteiger partial charge in [0, 0.05) is 10.8 Å². The summed E-state index contributed by atoms with van der Waals surface area (Å²) < 4.78 is 0. The van der Waals surface area contributed by atoms with E-state index >= 15 is 0 Å². The van der Waals surface area contributed by atoms with Crippen LogP contribution in [0.25, 0.3) is 32.4 Å². The molecule has 1 aromatic heterocycles. The summed E-state index contributed by atoms with van der Waals surface area (Å²) in [7, 11) is 0. The number of aromatic nitrogens is 2. The fraction of sp³-hybridized carbons (Fsp3) is 0.111. The number of hydrogen-bond donors (Lipinski definition) is 0. The second kappa shape index (κ2) is 6.07. The van der Waals surface area contributed by atoms with E-state index in [4.69, 9.17) is 23.2 Å². The molecule has 110 valence electrons. The van der Waals surface area contributed by atoms with Crippen molar-refractivity contribution in [2.24, 2.45) is 0 Å². The summed E-state index contributed by atoms with van der Waals surface area (Å²) in [6.45, 7) is 4.00. The Bertz CT molecular complexity index is 981. The van der Waals surface area contributed by atoms with Gasteiger partial charge in [-0.3, -0.25) is 0 Å².